The summed E-state index contributed by atoms with van der Waals surface area (Å²) in [5.41, 5.74) is 8.34. The molecule has 6 heterocycles. The second kappa shape index (κ2) is 18.5. The highest BCUT2D eigenvalue weighted by Gasteiger charge is 2.58. The van der Waals surface area contributed by atoms with E-state index in [0.29, 0.717) is 67.8 Å². The highest BCUT2D eigenvalue weighted by Crippen LogP contribution is 2.50. The molecular weight excluding hydrogens is 914 g/mol. The van der Waals surface area contributed by atoms with E-state index in [2.05, 4.69) is 0 Å². The Kier molecular flexibility index (Phi) is 12.2. The lowest BCUT2D eigenvalue weighted by Gasteiger charge is -2.34. The van der Waals surface area contributed by atoms with Gasteiger partial charge in [0, 0.05) is 69.9 Å². The van der Waals surface area contributed by atoms with E-state index in [4.69, 9.17) is 18.9 Å². The molecule has 0 fully saturated rings. The van der Waals surface area contributed by atoms with Crippen molar-refractivity contribution in [3.05, 3.63) is 212 Å². The summed E-state index contributed by atoms with van der Waals surface area (Å²) < 4.78 is 99.0. The van der Waals surface area contributed by atoms with Crippen LogP contribution in [0.3, 0.4) is 0 Å². The molecule has 72 heavy (non-hydrogen) atoms. The lowest BCUT2D eigenvalue weighted by Crippen LogP contribution is -2.52. The maximum Gasteiger partial charge on any atom is 0.737 e. The predicted molar refractivity (Wildman–Crippen MR) is 285 cm³/mol. The van der Waals surface area contributed by atoms with Crippen LogP contribution in [0.2, 0.25) is 0 Å². The number of hydrogen-bond donors (Lipinski definition) is 0. The second-order valence-electron chi connectivity index (χ2n) is 18.2. The number of nitrogens with zero attached hydrogens (tertiary/aromatic N) is 4. The van der Waals surface area contributed by atoms with Gasteiger partial charge in [-0.2, -0.15) is 0 Å². The molecule has 6 aromatic rings. The van der Waals surface area contributed by atoms with Crippen molar-refractivity contribution in [3.63, 3.8) is 0 Å². The molecular formula is C58H52B2F4N4O4. The molecule has 4 aromatic carbocycles. The van der Waals surface area contributed by atoms with E-state index < -0.39 is 13.9 Å². The van der Waals surface area contributed by atoms with Gasteiger partial charge in [0.1, 0.15) is 23.0 Å². The Morgan fingerprint density at radius 1 is 0.472 bits per heavy atom. The number of halogens is 4. The van der Waals surface area contributed by atoms with Crippen LogP contribution in [0.1, 0.15) is 75.6 Å². The predicted octanol–water partition coefficient (Wildman–Crippen LogP) is 13.1. The Balaban J connectivity index is 1.24. The third kappa shape index (κ3) is 8.10. The SMILES string of the molecule is COc1ccc(/C=C/C2=[N+]3C(=Cc4c(C)c(C5=C6C(C)=CC(/C=C/c7ccc(OC)cc7)=[N+]6[B-](F)(F)n6c(/C=C/c7ccc(OC)cc7)cc(C)c65)c(/C=C/c5ccc(OC)cc5)n4[B-]3(F)F)C(C)=C2)cc1. The van der Waals surface area contributed by atoms with Crippen molar-refractivity contribution in [2.24, 2.45) is 0 Å². The van der Waals surface area contributed by atoms with E-state index >= 15 is 17.3 Å². The lowest BCUT2D eigenvalue weighted by molar-refractivity contribution is -0.362. The molecule has 0 aliphatic carbocycles. The van der Waals surface area contributed by atoms with Crippen LogP contribution in [0.25, 0.3) is 48.1 Å². The Morgan fingerprint density at radius 3 is 1.36 bits per heavy atom. The van der Waals surface area contributed by atoms with Crippen LogP contribution < -0.4 is 18.9 Å². The van der Waals surface area contributed by atoms with Gasteiger partial charge in [0.2, 0.25) is 0 Å². The van der Waals surface area contributed by atoms with Crippen LogP contribution in [-0.2, 0) is 0 Å². The van der Waals surface area contributed by atoms with Gasteiger partial charge in [0.15, 0.2) is 22.8 Å². The molecule has 0 saturated carbocycles. The molecule has 0 radical (unpaired) electrons. The van der Waals surface area contributed by atoms with Crippen molar-refractivity contribution in [2.75, 3.05) is 28.4 Å². The molecule has 0 saturated heterocycles. The molecule has 0 N–H and O–H groups in total. The third-order valence-corrected chi connectivity index (χ3v) is 13.8. The van der Waals surface area contributed by atoms with Crippen LogP contribution in [0.4, 0.5) is 17.3 Å². The van der Waals surface area contributed by atoms with Gasteiger partial charge in [-0.15, -0.1) is 0 Å². The number of ether oxygens (including phenoxy) is 4. The van der Waals surface area contributed by atoms with Crippen molar-refractivity contribution in [1.82, 2.24) is 8.96 Å². The first-order chi connectivity index (χ1) is 34.7. The van der Waals surface area contributed by atoms with Crippen LogP contribution >= 0.6 is 0 Å². The van der Waals surface area contributed by atoms with Crippen molar-refractivity contribution in [3.8, 4) is 23.0 Å². The lowest BCUT2D eigenvalue weighted by atomic mass is 9.82. The van der Waals surface area contributed by atoms with E-state index in [-0.39, 0.29) is 34.2 Å². The van der Waals surface area contributed by atoms with Crippen LogP contribution in [0.15, 0.2) is 150 Å². The maximum atomic E-state index is 18.3. The monoisotopic (exact) mass is 966 g/mol. The Bertz CT molecular complexity index is 3510. The fourth-order valence-corrected chi connectivity index (χ4v) is 10.3. The first kappa shape index (κ1) is 47.4. The van der Waals surface area contributed by atoms with Crippen LogP contribution in [0, 0.1) is 13.8 Å². The highest BCUT2D eigenvalue weighted by molar-refractivity contribution is 6.59. The number of benzene rings is 4. The van der Waals surface area contributed by atoms with Crippen molar-refractivity contribution >= 4 is 73.5 Å². The summed E-state index contributed by atoms with van der Waals surface area (Å²) in [6.45, 7) is -1.98. The normalized spacial score (nSPS) is 16.7. The zero-order valence-electron chi connectivity index (χ0n) is 41.3. The van der Waals surface area contributed by atoms with Crippen molar-refractivity contribution in [2.45, 2.75) is 27.7 Å². The van der Waals surface area contributed by atoms with E-state index in [0.717, 1.165) is 40.2 Å². The smallest absolute Gasteiger partial charge is 0.497 e. The van der Waals surface area contributed by atoms with Gasteiger partial charge in [-0.3, -0.25) is 0 Å². The van der Waals surface area contributed by atoms with Crippen LogP contribution in [0.5, 0.6) is 23.0 Å². The topological polar surface area (TPSA) is 52.8 Å². The number of allylic oxidation sites excluding steroid dienone is 6. The minimum Gasteiger partial charge on any atom is -0.497 e. The van der Waals surface area contributed by atoms with E-state index in [1.54, 1.807) is 127 Å². The molecule has 0 bridgehead atoms. The third-order valence-electron chi connectivity index (χ3n) is 13.8. The largest absolute Gasteiger partial charge is 0.737 e. The molecule has 2 aromatic heterocycles. The zero-order valence-corrected chi connectivity index (χ0v) is 41.3. The molecule has 4 aliphatic rings. The molecule has 362 valence electrons. The number of fused-ring (bicyclic) bond motifs is 4. The number of aryl methyl sites for hydroxylation is 1. The average Bonchev–Trinajstić information content (AvgIpc) is 4.11. The van der Waals surface area contributed by atoms with Crippen molar-refractivity contribution < 1.29 is 45.2 Å². The molecule has 14 heteroatoms. The van der Waals surface area contributed by atoms with Crippen molar-refractivity contribution in [1.29, 1.82) is 0 Å². The van der Waals surface area contributed by atoms with Crippen LogP contribution in [-0.4, -0.2) is 71.7 Å². The maximum absolute atomic E-state index is 18.3. The Hall–Kier alpha value is -8.25. The highest BCUT2D eigenvalue weighted by atomic mass is 19.3. The Morgan fingerprint density at radius 2 is 0.889 bits per heavy atom. The molecule has 0 amide bonds. The average molecular weight is 967 g/mol. The minimum atomic E-state index is -4.63. The first-order valence-corrected chi connectivity index (χ1v) is 23.6. The molecule has 0 unspecified atom stereocenters. The number of hydrogen-bond acceptors (Lipinski definition) is 4. The first-order valence-electron chi connectivity index (χ1n) is 23.6. The second-order valence-corrected chi connectivity index (χ2v) is 18.2. The zero-order chi connectivity index (χ0) is 50.6. The molecule has 0 spiro atoms. The van der Waals surface area contributed by atoms with Gasteiger partial charge in [-0.05, 0) is 140 Å². The summed E-state index contributed by atoms with van der Waals surface area (Å²) in [5.74, 6) is 2.65. The summed E-state index contributed by atoms with van der Waals surface area (Å²) in [6.07, 6.45) is 19.2. The summed E-state index contributed by atoms with van der Waals surface area (Å²) in [4.78, 5) is 0. The standard InChI is InChI=1S/C58H52B2F4N4O4/c1-37-33-45(21-9-41-12-24-48(69-5)25-13-41)65-53(37)36-54-40(4)55(52(68(54)59(65,61)62)32-20-44-18-30-51(72-8)31-19-44)56-57-38(2)34-46(22-10-42-14-26-49(70-6)27-15-42)66(57)60(63,64)67-47(35-39(3)58(56)67)23-11-43-16-28-50(71-7)29-17-43/h9-36H,1-8H3/b21-9+,22-10+,23-11+,32-20+. The van der Waals surface area contributed by atoms with Gasteiger partial charge < -0.3 is 54.1 Å². The molecule has 10 rings (SSSR count). The van der Waals surface area contributed by atoms with Gasteiger partial charge in [-0.1, -0.05) is 60.7 Å². The molecule has 8 nitrogen and oxygen atoms in total. The van der Waals surface area contributed by atoms with E-state index in [9.17, 15) is 0 Å². The van der Waals surface area contributed by atoms with E-state index in [1.807, 2.05) is 98.8 Å². The summed E-state index contributed by atoms with van der Waals surface area (Å²) in [5, 5.41) is 0. The number of methoxy groups -OCH3 is 4. The fourth-order valence-electron chi connectivity index (χ4n) is 10.3. The summed E-state index contributed by atoms with van der Waals surface area (Å²) >= 11 is 0. The summed E-state index contributed by atoms with van der Waals surface area (Å²) in [6, 6.07) is 31.1. The number of aromatic nitrogens is 2. The van der Waals surface area contributed by atoms with Gasteiger partial charge in [0.25, 0.3) is 0 Å². The minimum absolute atomic E-state index is 0.166. The molecule has 4 aliphatic heterocycles. The molecule has 0 atom stereocenters. The summed E-state index contributed by atoms with van der Waals surface area (Å²) in [7, 11) is 6.33. The van der Waals surface area contributed by atoms with E-state index in [1.165, 1.54) is 0 Å². The number of rotatable bonds is 13. The van der Waals surface area contributed by atoms with Gasteiger partial charge >= 0.3 is 13.9 Å². The fraction of sp³-hybridized carbons (Fsp3) is 0.138. The quantitative estimate of drug-likeness (QED) is 0.0855. The van der Waals surface area contributed by atoms with Gasteiger partial charge in [-0.25, -0.2) is 0 Å². The van der Waals surface area contributed by atoms with Gasteiger partial charge in [0.05, 0.1) is 34.0 Å². The Labute approximate surface area is 416 Å².